The average Bonchev–Trinajstić information content (AvgIpc) is 2.80. The van der Waals surface area contributed by atoms with Gasteiger partial charge in [0, 0.05) is 31.5 Å². The summed E-state index contributed by atoms with van der Waals surface area (Å²) in [4.78, 5) is 2.29. The Morgan fingerprint density at radius 3 is 2.68 bits per heavy atom. The largest absolute Gasteiger partial charge is 0.377 e. The van der Waals surface area contributed by atoms with Crippen molar-refractivity contribution in [3.05, 3.63) is 0 Å². The molecule has 2 aliphatic rings. The van der Waals surface area contributed by atoms with Crippen LogP contribution in [-0.2, 0) is 14.2 Å². The molecule has 2 rings (SSSR count). The molecule has 19 heavy (non-hydrogen) atoms. The van der Waals surface area contributed by atoms with Crippen molar-refractivity contribution in [2.24, 2.45) is 5.73 Å². The molecule has 2 unspecified atom stereocenters. The van der Waals surface area contributed by atoms with Crippen LogP contribution in [0.2, 0.25) is 0 Å². The van der Waals surface area contributed by atoms with Crippen LogP contribution in [0, 0.1) is 0 Å². The lowest BCUT2D eigenvalue weighted by Gasteiger charge is -2.43. The van der Waals surface area contributed by atoms with Gasteiger partial charge >= 0.3 is 0 Å². The van der Waals surface area contributed by atoms with Gasteiger partial charge in [-0.2, -0.15) is 0 Å². The number of hydrogen-bond donors (Lipinski definition) is 1. The summed E-state index contributed by atoms with van der Waals surface area (Å²) in [5.74, 6) is -0.367. The molecule has 0 amide bonds. The minimum atomic E-state index is -0.367. The van der Waals surface area contributed by atoms with Gasteiger partial charge in [-0.25, -0.2) is 0 Å². The summed E-state index contributed by atoms with van der Waals surface area (Å²) in [6.07, 6.45) is 3.02. The van der Waals surface area contributed by atoms with Crippen LogP contribution >= 0.6 is 0 Å². The van der Waals surface area contributed by atoms with Crippen LogP contribution in [0.1, 0.15) is 33.1 Å². The van der Waals surface area contributed by atoms with Crippen molar-refractivity contribution in [2.75, 3.05) is 33.4 Å². The molecule has 2 fully saturated rings. The first-order chi connectivity index (χ1) is 9.02. The summed E-state index contributed by atoms with van der Waals surface area (Å²) in [6, 6.07) is 0.505. The van der Waals surface area contributed by atoms with E-state index in [0.717, 1.165) is 32.4 Å². The first-order valence-electron chi connectivity index (χ1n) is 7.38. The van der Waals surface area contributed by atoms with Gasteiger partial charge in [0.1, 0.15) is 0 Å². The fourth-order valence-electron chi connectivity index (χ4n) is 2.99. The van der Waals surface area contributed by atoms with Crippen molar-refractivity contribution < 1.29 is 14.2 Å². The van der Waals surface area contributed by atoms with Gasteiger partial charge < -0.3 is 19.9 Å². The van der Waals surface area contributed by atoms with E-state index < -0.39 is 0 Å². The Morgan fingerprint density at radius 2 is 2.05 bits per heavy atom. The molecule has 1 saturated carbocycles. The smallest absolute Gasteiger partial charge is 0.170 e. The number of nitrogens with zero attached hydrogens (tertiary/aromatic N) is 1. The average molecular weight is 272 g/mol. The van der Waals surface area contributed by atoms with Gasteiger partial charge in [0.05, 0.1) is 25.9 Å². The topological polar surface area (TPSA) is 57.0 Å². The summed E-state index contributed by atoms with van der Waals surface area (Å²) < 4.78 is 17.2. The van der Waals surface area contributed by atoms with Gasteiger partial charge in [-0.05, 0) is 27.3 Å². The maximum absolute atomic E-state index is 6.27. The Labute approximate surface area is 116 Å². The molecular formula is C14H28N2O3. The molecule has 0 aromatic rings. The summed E-state index contributed by atoms with van der Waals surface area (Å²) in [5, 5.41) is 0. The molecule has 1 saturated heterocycles. The lowest BCUT2D eigenvalue weighted by atomic mass is 9.85. The minimum absolute atomic E-state index is 0.197. The Morgan fingerprint density at radius 1 is 1.37 bits per heavy atom. The Kier molecular flexibility index (Phi) is 5.20. The molecule has 1 aliphatic heterocycles. The van der Waals surface area contributed by atoms with Crippen LogP contribution in [0.25, 0.3) is 0 Å². The summed E-state index contributed by atoms with van der Waals surface area (Å²) in [7, 11) is 2.11. The van der Waals surface area contributed by atoms with Crippen molar-refractivity contribution in [3.63, 3.8) is 0 Å². The van der Waals surface area contributed by atoms with Crippen molar-refractivity contribution >= 4 is 0 Å². The number of rotatable bonds is 5. The van der Waals surface area contributed by atoms with Crippen LogP contribution in [-0.4, -0.2) is 62.3 Å². The number of ether oxygens (including phenoxy) is 3. The highest BCUT2D eigenvalue weighted by Crippen LogP contribution is 2.36. The van der Waals surface area contributed by atoms with E-state index in [-0.39, 0.29) is 17.9 Å². The summed E-state index contributed by atoms with van der Waals surface area (Å²) in [6.45, 7) is 7.17. The molecule has 5 nitrogen and oxygen atoms in total. The second-order valence-electron chi connectivity index (χ2n) is 5.98. The lowest BCUT2D eigenvalue weighted by Crippen LogP contribution is -2.55. The van der Waals surface area contributed by atoms with Gasteiger partial charge in [-0.15, -0.1) is 0 Å². The number of nitrogens with two attached hydrogens (primary N) is 1. The second kappa shape index (κ2) is 6.50. The van der Waals surface area contributed by atoms with Crippen molar-refractivity contribution in [3.8, 4) is 0 Å². The molecule has 0 radical (unpaired) electrons. The molecule has 2 N–H and O–H groups in total. The monoisotopic (exact) mass is 272 g/mol. The molecule has 1 aliphatic carbocycles. The van der Waals surface area contributed by atoms with E-state index in [1.807, 2.05) is 0 Å². The molecule has 1 spiro atoms. The summed E-state index contributed by atoms with van der Waals surface area (Å²) in [5.41, 5.74) is 6.27. The predicted molar refractivity (Wildman–Crippen MR) is 74.0 cm³/mol. The molecule has 5 heteroatoms. The lowest BCUT2D eigenvalue weighted by molar-refractivity contribution is -0.191. The standard InChI is InChI=1S/C14H28N2O3/c1-11(2)17-7-6-16(3)13-10-14(5-4-12(13)15)18-8-9-19-14/h11-13H,4-10,15H2,1-3H3. The number of hydrogen-bond acceptors (Lipinski definition) is 5. The SMILES string of the molecule is CC(C)OCCN(C)C1CC2(CCC1N)OCCO2. The van der Waals surface area contributed by atoms with E-state index in [1.165, 1.54) is 0 Å². The van der Waals surface area contributed by atoms with E-state index in [9.17, 15) is 0 Å². The highest BCUT2D eigenvalue weighted by molar-refractivity contribution is 4.94. The first-order valence-corrected chi connectivity index (χ1v) is 7.38. The van der Waals surface area contributed by atoms with Gasteiger partial charge in [0.25, 0.3) is 0 Å². The maximum atomic E-state index is 6.27. The molecule has 1 heterocycles. The van der Waals surface area contributed by atoms with E-state index in [2.05, 4.69) is 25.8 Å². The van der Waals surface area contributed by atoms with E-state index >= 15 is 0 Å². The van der Waals surface area contributed by atoms with Crippen LogP contribution in [0.15, 0.2) is 0 Å². The third kappa shape index (κ3) is 3.89. The normalized spacial score (nSPS) is 30.6. The maximum Gasteiger partial charge on any atom is 0.170 e. The third-order valence-corrected chi connectivity index (χ3v) is 4.15. The van der Waals surface area contributed by atoms with E-state index in [4.69, 9.17) is 19.9 Å². The second-order valence-corrected chi connectivity index (χ2v) is 5.98. The molecule has 112 valence electrons. The fraction of sp³-hybridized carbons (Fsp3) is 1.00. The molecule has 2 atom stereocenters. The van der Waals surface area contributed by atoms with Crippen LogP contribution in [0.5, 0.6) is 0 Å². The van der Waals surface area contributed by atoms with Gasteiger partial charge in [0.2, 0.25) is 0 Å². The van der Waals surface area contributed by atoms with E-state index in [1.54, 1.807) is 0 Å². The molecule has 0 aromatic carbocycles. The summed E-state index contributed by atoms with van der Waals surface area (Å²) >= 11 is 0. The van der Waals surface area contributed by atoms with Gasteiger partial charge in [-0.1, -0.05) is 0 Å². The van der Waals surface area contributed by atoms with Crippen LogP contribution in [0.4, 0.5) is 0 Å². The van der Waals surface area contributed by atoms with Gasteiger partial charge in [-0.3, -0.25) is 4.90 Å². The Bertz CT molecular complexity index is 280. The highest BCUT2D eigenvalue weighted by Gasteiger charge is 2.45. The molecule has 0 bridgehead atoms. The van der Waals surface area contributed by atoms with Crippen molar-refractivity contribution in [1.82, 2.24) is 4.90 Å². The van der Waals surface area contributed by atoms with Crippen LogP contribution < -0.4 is 5.73 Å². The van der Waals surface area contributed by atoms with Crippen molar-refractivity contribution in [1.29, 1.82) is 0 Å². The first kappa shape index (κ1) is 15.2. The quantitative estimate of drug-likeness (QED) is 0.808. The Balaban J connectivity index is 1.85. The zero-order valence-corrected chi connectivity index (χ0v) is 12.4. The fourth-order valence-corrected chi connectivity index (χ4v) is 2.99. The number of likely N-dealkylation sites (N-methyl/N-ethyl adjacent to an activating group) is 1. The van der Waals surface area contributed by atoms with E-state index in [0.29, 0.717) is 19.3 Å². The molecular weight excluding hydrogens is 244 g/mol. The zero-order valence-electron chi connectivity index (χ0n) is 12.4. The zero-order chi connectivity index (χ0) is 13.9. The Hall–Kier alpha value is -0.200. The van der Waals surface area contributed by atoms with Crippen molar-refractivity contribution in [2.45, 2.75) is 57.1 Å². The minimum Gasteiger partial charge on any atom is -0.377 e. The third-order valence-electron chi connectivity index (χ3n) is 4.15. The predicted octanol–water partition coefficient (Wildman–Crippen LogP) is 0.966. The van der Waals surface area contributed by atoms with Gasteiger partial charge in [0.15, 0.2) is 5.79 Å². The van der Waals surface area contributed by atoms with Crippen LogP contribution in [0.3, 0.4) is 0 Å². The molecule has 0 aromatic heterocycles. The highest BCUT2D eigenvalue weighted by atomic mass is 16.7.